The Labute approximate surface area is 203 Å². The zero-order valence-corrected chi connectivity index (χ0v) is 20.3. The first kappa shape index (κ1) is 23.7. The van der Waals surface area contributed by atoms with Crippen molar-refractivity contribution in [1.29, 1.82) is 5.26 Å². The lowest BCUT2D eigenvalue weighted by Gasteiger charge is -2.30. The van der Waals surface area contributed by atoms with Gasteiger partial charge in [0.25, 0.3) is 5.91 Å². The Morgan fingerprint density at radius 3 is 2.94 bits per heavy atom. The van der Waals surface area contributed by atoms with Gasteiger partial charge in [-0.3, -0.25) is 14.7 Å². The summed E-state index contributed by atoms with van der Waals surface area (Å²) in [5.41, 5.74) is 2.42. The van der Waals surface area contributed by atoms with E-state index in [-0.39, 0.29) is 11.8 Å². The number of carbonyl (C=O) groups is 1. The molecule has 34 heavy (non-hydrogen) atoms. The highest BCUT2D eigenvalue weighted by atomic mass is 32.1. The van der Waals surface area contributed by atoms with Crippen LogP contribution in [0, 0.1) is 18.3 Å². The Kier molecular flexibility index (Phi) is 7.77. The minimum atomic E-state index is -0.113. The number of hydrogen-bond acceptors (Lipinski definition) is 9. The van der Waals surface area contributed by atoms with Crippen LogP contribution >= 0.6 is 11.3 Å². The highest BCUT2D eigenvalue weighted by molar-refractivity contribution is 7.14. The summed E-state index contributed by atoms with van der Waals surface area (Å²) in [7, 11) is 1.79. The van der Waals surface area contributed by atoms with Crippen molar-refractivity contribution in [3.8, 4) is 6.07 Å². The third kappa shape index (κ3) is 6.12. The van der Waals surface area contributed by atoms with Crippen molar-refractivity contribution < 1.29 is 4.79 Å². The summed E-state index contributed by atoms with van der Waals surface area (Å²) in [6, 6.07) is 8.02. The third-order valence-electron chi connectivity index (χ3n) is 5.83. The van der Waals surface area contributed by atoms with Crippen molar-refractivity contribution in [2.75, 3.05) is 38.5 Å². The number of likely N-dealkylation sites (N-methyl/N-ethyl adjacent to an activating group) is 1. The number of anilines is 2. The molecule has 0 bridgehead atoms. The van der Waals surface area contributed by atoms with Gasteiger partial charge >= 0.3 is 0 Å². The monoisotopic (exact) mass is 476 g/mol. The van der Waals surface area contributed by atoms with Crippen molar-refractivity contribution in [2.24, 2.45) is 0 Å². The average Bonchev–Trinajstić information content (AvgIpc) is 3.31. The maximum absolute atomic E-state index is 12.8. The largest absolute Gasteiger partial charge is 0.340 e. The summed E-state index contributed by atoms with van der Waals surface area (Å²) in [6.07, 6.45) is 6.31. The van der Waals surface area contributed by atoms with Gasteiger partial charge in [0.1, 0.15) is 17.3 Å². The fourth-order valence-corrected chi connectivity index (χ4v) is 4.72. The molecule has 10 heteroatoms. The van der Waals surface area contributed by atoms with Gasteiger partial charge in [-0.1, -0.05) is 0 Å². The molecule has 1 saturated heterocycles. The number of piperidine rings is 1. The second-order valence-corrected chi connectivity index (χ2v) is 9.34. The third-order valence-corrected chi connectivity index (χ3v) is 6.58. The first-order valence-electron chi connectivity index (χ1n) is 11.3. The second kappa shape index (κ2) is 11.1. The number of aryl methyl sites for hydroxylation is 1. The number of nitrogens with zero attached hydrogens (tertiary/aromatic N) is 7. The van der Waals surface area contributed by atoms with Crippen LogP contribution in [0.3, 0.4) is 0 Å². The molecule has 4 heterocycles. The van der Waals surface area contributed by atoms with Crippen LogP contribution in [0.4, 0.5) is 10.9 Å². The first-order chi connectivity index (χ1) is 16.5. The number of carbonyl (C=O) groups excluding carboxylic acids is 1. The molecule has 9 nitrogen and oxygen atoms in total. The Balaban J connectivity index is 1.39. The highest BCUT2D eigenvalue weighted by Crippen LogP contribution is 2.27. The van der Waals surface area contributed by atoms with Crippen LogP contribution in [0.15, 0.2) is 36.0 Å². The number of hydrogen-bond donors (Lipinski definition) is 1. The van der Waals surface area contributed by atoms with Crippen molar-refractivity contribution in [2.45, 2.75) is 32.1 Å². The van der Waals surface area contributed by atoms with Gasteiger partial charge in [-0.15, -0.1) is 11.3 Å². The fourth-order valence-electron chi connectivity index (χ4n) is 4.03. The molecule has 1 amide bonds. The first-order valence-corrected chi connectivity index (χ1v) is 12.2. The van der Waals surface area contributed by atoms with Crippen LogP contribution < -0.4 is 5.32 Å². The van der Waals surface area contributed by atoms with E-state index in [1.165, 1.54) is 11.3 Å². The number of likely N-dealkylation sites (tertiary alicyclic amines) is 1. The van der Waals surface area contributed by atoms with Gasteiger partial charge in [0.05, 0.1) is 12.6 Å². The lowest BCUT2D eigenvalue weighted by atomic mass is 9.97. The number of amides is 1. The number of aromatic nitrogens is 4. The number of nitrogens with one attached hydrogen (secondary N) is 1. The molecule has 1 aliphatic rings. The number of rotatable bonds is 8. The molecular formula is C24H28N8OS. The van der Waals surface area contributed by atoms with Crippen LogP contribution in [0.25, 0.3) is 0 Å². The molecule has 0 saturated carbocycles. The molecule has 4 rings (SSSR count). The van der Waals surface area contributed by atoms with Gasteiger partial charge in [0.2, 0.25) is 0 Å². The summed E-state index contributed by atoms with van der Waals surface area (Å²) >= 11 is 1.38. The Hall–Kier alpha value is -3.42. The number of pyridine rings is 1. The molecular weight excluding hydrogens is 448 g/mol. The van der Waals surface area contributed by atoms with E-state index in [4.69, 9.17) is 10.2 Å². The zero-order chi connectivity index (χ0) is 23.9. The lowest BCUT2D eigenvalue weighted by Crippen LogP contribution is -2.35. The Bertz CT molecular complexity index is 1160. The molecule has 0 spiro atoms. The molecule has 0 aromatic carbocycles. The molecule has 176 valence electrons. The topological polar surface area (TPSA) is 111 Å². The van der Waals surface area contributed by atoms with Crippen LogP contribution in [0.2, 0.25) is 0 Å². The normalized spacial score (nSPS) is 16.1. The van der Waals surface area contributed by atoms with Crippen molar-refractivity contribution in [1.82, 2.24) is 29.7 Å². The maximum Gasteiger partial charge on any atom is 0.273 e. The van der Waals surface area contributed by atoms with Crippen LogP contribution in [-0.2, 0) is 6.42 Å². The van der Waals surface area contributed by atoms with E-state index in [0.717, 1.165) is 49.4 Å². The van der Waals surface area contributed by atoms with E-state index in [1.54, 1.807) is 29.7 Å². The maximum atomic E-state index is 12.8. The molecule has 0 radical (unpaired) electrons. The van der Waals surface area contributed by atoms with Crippen molar-refractivity contribution >= 4 is 28.2 Å². The van der Waals surface area contributed by atoms with Gasteiger partial charge in [-0.25, -0.2) is 15.0 Å². The molecule has 3 aromatic rings. The van der Waals surface area contributed by atoms with Crippen LogP contribution in [-0.4, -0.2) is 68.9 Å². The molecule has 1 atom stereocenters. The SMILES string of the molecule is Cc1cc(Nc2nc(C(=O)N(C)CCc3ccncc3)cs2)nc(C2CCCN(CC#N)C2)n1. The van der Waals surface area contributed by atoms with E-state index in [0.29, 0.717) is 29.7 Å². The predicted molar refractivity (Wildman–Crippen MR) is 131 cm³/mol. The Morgan fingerprint density at radius 1 is 1.32 bits per heavy atom. The van der Waals surface area contributed by atoms with Gasteiger partial charge in [0.15, 0.2) is 5.13 Å². The van der Waals surface area contributed by atoms with Crippen LogP contribution in [0.5, 0.6) is 0 Å². The Morgan fingerprint density at radius 2 is 2.15 bits per heavy atom. The minimum Gasteiger partial charge on any atom is -0.340 e. The van der Waals surface area contributed by atoms with Crippen molar-refractivity contribution in [3.05, 3.63) is 58.7 Å². The molecule has 0 aliphatic carbocycles. The second-order valence-electron chi connectivity index (χ2n) is 8.48. The van der Waals surface area contributed by atoms with E-state index in [2.05, 4.69) is 31.2 Å². The van der Waals surface area contributed by atoms with Gasteiger partial charge < -0.3 is 10.2 Å². The van der Waals surface area contributed by atoms with Gasteiger partial charge in [-0.2, -0.15) is 5.26 Å². The quantitative estimate of drug-likeness (QED) is 0.493. The summed E-state index contributed by atoms with van der Waals surface area (Å²) < 4.78 is 0. The molecule has 1 N–H and O–H groups in total. The average molecular weight is 477 g/mol. The van der Waals surface area contributed by atoms with Crippen LogP contribution in [0.1, 0.15) is 46.3 Å². The summed E-state index contributed by atoms with van der Waals surface area (Å²) in [5, 5.41) is 14.6. The summed E-state index contributed by atoms with van der Waals surface area (Å²) in [6.45, 7) is 4.70. The van der Waals surface area contributed by atoms with Gasteiger partial charge in [-0.05, 0) is 50.4 Å². The lowest BCUT2D eigenvalue weighted by molar-refractivity contribution is 0.0792. The van der Waals surface area contributed by atoms with Crippen molar-refractivity contribution in [3.63, 3.8) is 0 Å². The fraction of sp³-hybridized carbons (Fsp3) is 0.417. The highest BCUT2D eigenvalue weighted by Gasteiger charge is 2.24. The van der Waals surface area contributed by atoms with E-state index >= 15 is 0 Å². The summed E-state index contributed by atoms with van der Waals surface area (Å²) in [5.74, 6) is 1.54. The molecule has 3 aromatic heterocycles. The smallest absolute Gasteiger partial charge is 0.273 e. The minimum absolute atomic E-state index is 0.113. The van der Waals surface area contributed by atoms with E-state index < -0.39 is 0 Å². The standard InChI is InChI=1S/C24H28N8OS/c1-17-14-21(29-22(27-17)19-4-3-11-32(15-19)13-8-25)30-24-28-20(16-34-24)23(33)31(2)12-7-18-5-9-26-10-6-18/h5-6,9-10,14,16,19H,3-4,7,11-13,15H2,1-2H3,(H,27,28,29,30). The van der Waals surface area contributed by atoms with E-state index in [9.17, 15) is 4.79 Å². The zero-order valence-electron chi connectivity index (χ0n) is 19.4. The number of nitriles is 1. The molecule has 1 unspecified atom stereocenters. The molecule has 1 fully saturated rings. The summed E-state index contributed by atoms with van der Waals surface area (Å²) in [4.78, 5) is 34.5. The van der Waals surface area contributed by atoms with Gasteiger partial charge in [0, 0.05) is 55.6 Å². The van der Waals surface area contributed by atoms with E-state index in [1.807, 2.05) is 25.1 Å². The molecule has 1 aliphatic heterocycles. The predicted octanol–water partition coefficient (Wildman–Crippen LogP) is 3.40. The number of thiazole rings is 1.